The minimum atomic E-state index is -0.105. The third kappa shape index (κ3) is 1.60. The average molecular weight is 289 g/mol. The maximum absolute atomic E-state index is 10.0. The number of thiophene rings is 1. The fraction of sp³-hybridized carbons (Fsp3) is 0.667. The van der Waals surface area contributed by atoms with Crippen LogP contribution in [0.5, 0.6) is 0 Å². The van der Waals surface area contributed by atoms with E-state index in [0.29, 0.717) is 5.92 Å². The van der Waals surface area contributed by atoms with Crippen molar-refractivity contribution in [3.63, 3.8) is 0 Å². The lowest BCUT2D eigenvalue weighted by atomic mass is 9.54. The highest BCUT2D eigenvalue weighted by molar-refractivity contribution is 9.10. The molecule has 0 bridgehead atoms. The number of aliphatic hydroxyl groups excluding tert-OH is 1. The highest BCUT2D eigenvalue weighted by Gasteiger charge is 2.53. The SMILES string of the molecule is CCC1(CC)C(O)CC1c1sccc1Br. The highest BCUT2D eigenvalue weighted by atomic mass is 79.9. The molecule has 1 aromatic heterocycles. The molecule has 1 N–H and O–H groups in total. The molecule has 1 nitrogen and oxygen atoms in total. The zero-order valence-corrected chi connectivity index (χ0v) is 11.6. The van der Waals surface area contributed by atoms with Crippen LogP contribution < -0.4 is 0 Å². The summed E-state index contributed by atoms with van der Waals surface area (Å²) in [5.74, 6) is 0.553. The Labute approximate surface area is 104 Å². The van der Waals surface area contributed by atoms with Crippen molar-refractivity contribution in [1.29, 1.82) is 0 Å². The van der Waals surface area contributed by atoms with Crippen LogP contribution in [0, 0.1) is 5.41 Å². The molecular weight excluding hydrogens is 272 g/mol. The summed E-state index contributed by atoms with van der Waals surface area (Å²) in [6, 6.07) is 2.11. The van der Waals surface area contributed by atoms with E-state index in [1.807, 2.05) is 11.3 Å². The molecule has 1 aliphatic carbocycles. The van der Waals surface area contributed by atoms with Gasteiger partial charge in [-0.3, -0.25) is 0 Å². The molecule has 1 saturated carbocycles. The van der Waals surface area contributed by atoms with E-state index in [2.05, 4.69) is 41.2 Å². The van der Waals surface area contributed by atoms with Gasteiger partial charge in [0.2, 0.25) is 0 Å². The number of rotatable bonds is 3. The second-order valence-corrected chi connectivity index (χ2v) is 6.18. The summed E-state index contributed by atoms with van der Waals surface area (Å²) in [5.41, 5.74) is 0.132. The van der Waals surface area contributed by atoms with Gasteiger partial charge in [0.15, 0.2) is 0 Å². The first kappa shape index (κ1) is 11.6. The standard InChI is InChI=1S/C12H17BrOS/c1-3-12(4-2)8(7-10(12)14)11-9(13)5-6-15-11/h5-6,8,10,14H,3-4,7H2,1-2H3. The quantitative estimate of drug-likeness (QED) is 0.885. The van der Waals surface area contributed by atoms with E-state index in [1.54, 1.807) is 0 Å². The van der Waals surface area contributed by atoms with Gasteiger partial charge in [0.1, 0.15) is 0 Å². The summed E-state index contributed by atoms with van der Waals surface area (Å²) in [6.45, 7) is 4.39. The van der Waals surface area contributed by atoms with E-state index >= 15 is 0 Å². The Morgan fingerprint density at radius 3 is 2.60 bits per heavy atom. The first-order valence-electron chi connectivity index (χ1n) is 5.56. The van der Waals surface area contributed by atoms with Crippen molar-refractivity contribution in [3.8, 4) is 0 Å². The van der Waals surface area contributed by atoms with Gasteiger partial charge in [-0.25, -0.2) is 0 Å². The van der Waals surface area contributed by atoms with E-state index < -0.39 is 0 Å². The Morgan fingerprint density at radius 1 is 1.53 bits per heavy atom. The molecule has 15 heavy (non-hydrogen) atoms. The Kier molecular flexibility index (Phi) is 3.25. The summed E-state index contributed by atoms with van der Waals surface area (Å²) in [4.78, 5) is 1.42. The van der Waals surface area contributed by atoms with Crippen molar-refractivity contribution in [2.24, 2.45) is 5.41 Å². The lowest BCUT2D eigenvalue weighted by Gasteiger charge is -2.53. The van der Waals surface area contributed by atoms with Gasteiger partial charge in [-0.15, -0.1) is 11.3 Å². The molecule has 2 unspecified atom stereocenters. The fourth-order valence-corrected chi connectivity index (χ4v) is 4.79. The Hall–Kier alpha value is 0.140. The Bertz CT molecular complexity index is 343. The van der Waals surface area contributed by atoms with E-state index in [4.69, 9.17) is 0 Å². The molecular formula is C12H17BrOS. The van der Waals surface area contributed by atoms with Crippen molar-refractivity contribution in [2.45, 2.75) is 45.1 Å². The molecule has 0 aliphatic heterocycles. The van der Waals surface area contributed by atoms with Gasteiger partial charge in [0.25, 0.3) is 0 Å². The number of aliphatic hydroxyl groups is 1. The minimum Gasteiger partial charge on any atom is -0.393 e. The molecule has 84 valence electrons. The van der Waals surface area contributed by atoms with E-state index in [-0.39, 0.29) is 11.5 Å². The van der Waals surface area contributed by atoms with E-state index in [0.717, 1.165) is 19.3 Å². The number of hydrogen-bond donors (Lipinski definition) is 1. The molecule has 1 aromatic rings. The third-order valence-electron chi connectivity index (χ3n) is 4.09. The van der Waals surface area contributed by atoms with Crippen LogP contribution in [0.15, 0.2) is 15.9 Å². The van der Waals surface area contributed by atoms with Gasteiger partial charge in [-0.2, -0.15) is 0 Å². The summed E-state index contributed by atoms with van der Waals surface area (Å²) in [5, 5.41) is 12.1. The summed E-state index contributed by atoms with van der Waals surface area (Å²) >= 11 is 5.41. The van der Waals surface area contributed by atoms with Crippen LogP contribution in [-0.2, 0) is 0 Å². The molecule has 1 aliphatic rings. The molecule has 2 atom stereocenters. The van der Waals surface area contributed by atoms with Crippen LogP contribution in [0.3, 0.4) is 0 Å². The molecule has 3 heteroatoms. The van der Waals surface area contributed by atoms with Crippen LogP contribution in [0.2, 0.25) is 0 Å². The van der Waals surface area contributed by atoms with Crippen LogP contribution >= 0.6 is 27.3 Å². The predicted octanol–water partition coefficient (Wildman–Crippen LogP) is 4.17. The second kappa shape index (κ2) is 4.19. The largest absolute Gasteiger partial charge is 0.393 e. The minimum absolute atomic E-state index is 0.105. The molecule has 0 aromatic carbocycles. The predicted molar refractivity (Wildman–Crippen MR) is 68.4 cm³/mol. The van der Waals surface area contributed by atoms with Crippen LogP contribution in [0.25, 0.3) is 0 Å². The van der Waals surface area contributed by atoms with Crippen LogP contribution in [-0.4, -0.2) is 11.2 Å². The Balaban J connectivity index is 2.29. The maximum atomic E-state index is 10.0. The van der Waals surface area contributed by atoms with Gasteiger partial charge in [-0.1, -0.05) is 13.8 Å². The van der Waals surface area contributed by atoms with Gasteiger partial charge < -0.3 is 5.11 Å². The smallest absolute Gasteiger partial charge is 0.0608 e. The second-order valence-electron chi connectivity index (χ2n) is 4.38. The first-order chi connectivity index (χ1) is 7.15. The van der Waals surface area contributed by atoms with Gasteiger partial charge in [0.05, 0.1) is 6.10 Å². The van der Waals surface area contributed by atoms with Crippen molar-refractivity contribution < 1.29 is 5.11 Å². The number of halogens is 1. The lowest BCUT2D eigenvalue weighted by Crippen LogP contribution is -2.50. The van der Waals surface area contributed by atoms with Crippen molar-refractivity contribution in [3.05, 3.63) is 20.8 Å². The number of hydrogen-bond acceptors (Lipinski definition) is 2. The maximum Gasteiger partial charge on any atom is 0.0608 e. The molecule has 0 saturated heterocycles. The van der Waals surface area contributed by atoms with Gasteiger partial charge in [-0.05, 0) is 46.6 Å². The Morgan fingerprint density at radius 2 is 2.20 bits per heavy atom. The lowest BCUT2D eigenvalue weighted by molar-refractivity contribution is -0.0922. The zero-order chi connectivity index (χ0) is 11.1. The van der Waals surface area contributed by atoms with Crippen molar-refractivity contribution in [1.82, 2.24) is 0 Å². The zero-order valence-electron chi connectivity index (χ0n) is 9.16. The van der Waals surface area contributed by atoms with Gasteiger partial charge >= 0.3 is 0 Å². The van der Waals surface area contributed by atoms with Gasteiger partial charge in [0, 0.05) is 20.7 Å². The normalized spacial score (nSPS) is 28.8. The fourth-order valence-electron chi connectivity index (χ4n) is 2.90. The molecule has 1 fully saturated rings. The summed E-state index contributed by atoms with van der Waals surface area (Å²) in [7, 11) is 0. The van der Waals surface area contributed by atoms with E-state index in [1.165, 1.54) is 9.35 Å². The summed E-state index contributed by atoms with van der Waals surface area (Å²) in [6.07, 6.45) is 2.96. The monoisotopic (exact) mass is 288 g/mol. The van der Waals surface area contributed by atoms with E-state index in [9.17, 15) is 5.11 Å². The highest BCUT2D eigenvalue weighted by Crippen LogP contribution is 2.59. The average Bonchev–Trinajstić information content (AvgIpc) is 2.63. The topological polar surface area (TPSA) is 20.2 Å². The van der Waals surface area contributed by atoms with Crippen molar-refractivity contribution in [2.75, 3.05) is 0 Å². The van der Waals surface area contributed by atoms with Crippen LogP contribution in [0.4, 0.5) is 0 Å². The first-order valence-corrected chi connectivity index (χ1v) is 7.24. The molecule has 0 amide bonds. The molecule has 0 radical (unpaired) electrons. The third-order valence-corrected chi connectivity index (χ3v) is 6.08. The molecule has 1 heterocycles. The van der Waals surface area contributed by atoms with Crippen molar-refractivity contribution >= 4 is 27.3 Å². The summed E-state index contributed by atoms with van der Waals surface area (Å²) < 4.78 is 1.22. The van der Waals surface area contributed by atoms with Crippen LogP contribution in [0.1, 0.15) is 43.9 Å². The molecule has 2 rings (SSSR count). The molecule has 0 spiro atoms.